The first-order valence-electron chi connectivity index (χ1n) is 8.50. The van der Waals surface area contributed by atoms with E-state index < -0.39 is 0 Å². The normalized spacial score (nSPS) is 12.1. The van der Waals surface area contributed by atoms with Gasteiger partial charge in [0.25, 0.3) is 5.91 Å². The highest BCUT2D eigenvalue weighted by Crippen LogP contribution is 2.19. The number of ether oxygens (including phenoxy) is 1. The molecule has 3 aromatic rings. The highest BCUT2D eigenvalue weighted by molar-refractivity contribution is 5.98. The van der Waals surface area contributed by atoms with Crippen LogP contribution in [0, 0.1) is 0 Å². The Morgan fingerprint density at radius 2 is 2.12 bits per heavy atom. The van der Waals surface area contributed by atoms with Gasteiger partial charge in [-0.05, 0) is 43.2 Å². The molecule has 0 aliphatic carbocycles. The van der Waals surface area contributed by atoms with Crippen molar-refractivity contribution in [1.82, 2.24) is 15.1 Å². The standard InChI is InChI=1S/C20H23N3O2/c1-4-14(2)22-20(24)16-8-9-17-12-21-23(19(17)11-16)13-15-6-5-7-18(10-15)25-3/h5-12,14H,4,13H2,1-3H3,(H,22,24). The van der Waals surface area contributed by atoms with Crippen LogP contribution in [0.25, 0.3) is 10.9 Å². The van der Waals surface area contributed by atoms with E-state index in [1.165, 1.54) is 0 Å². The van der Waals surface area contributed by atoms with Gasteiger partial charge in [0.1, 0.15) is 5.75 Å². The summed E-state index contributed by atoms with van der Waals surface area (Å²) in [6.45, 7) is 4.68. The fourth-order valence-electron chi connectivity index (χ4n) is 2.69. The van der Waals surface area contributed by atoms with Gasteiger partial charge in [-0.15, -0.1) is 0 Å². The van der Waals surface area contributed by atoms with Crippen LogP contribution in [0.2, 0.25) is 0 Å². The molecule has 0 aliphatic heterocycles. The summed E-state index contributed by atoms with van der Waals surface area (Å²) in [7, 11) is 1.66. The van der Waals surface area contributed by atoms with Crippen LogP contribution in [0.15, 0.2) is 48.7 Å². The molecule has 1 heterocycles. The second-order valence-corrected chi connectivity index (χ2v) is 6.21. The minimum Gasteiger partial charge on any atom is -0.497 e. The zero-order valence-electron chi connectivity index (χ0n) is 14.8. The molecule has 0 spiro atoms. The highest BCUT2D eigenvalue weighted by Gasteiger charge is 2.11. The van der Waals surface area contributed by atoms with Gasteiger partial charge in [0.2, 0.25) is 0 Å². The lowest BCUT2D eigenvalue weighted by atomic mass is 10.1. The van der Waals surface area contributed by atoms with Gasteiger partial charge in [-0.1, -0.05) is 25.1 Å². The second-order valence-electron chi connectivity index (χ2n) is 6.21. The van der Waals surface area contributed by atoms with Crippen molar-refractivity contribution in [2.75, 3.05) is 7.11 Å². The van der Waals surface area contributed by atoms with Crippen molar-refractivity contribution in [3.8, 4) is 5.75 Å². The number of benzene rings is 2. The number of hydrogen-bond donors (Lipinski definition) is 1. The van der Waals surface area contributed by atoms with E-state index in [1.54, 1.807) is 7.11 Å². The minimum absolute atomic E-state index is 0.0506. The summed E-state index contributed by atoms with van der Waals surface area (Å²) in [4.78, 5) is 12.4. The Kier molecular flexibility index (Phi) is 5.03. The molecule has 1 amide bonds. The van der Waals surface area contributed by atoms with Gasteiger partial charge in [0, 0.05) is 17.0 Å². The summed E-state index contributed by atoms with van der Waals surface area (Å²) in [5, 5.41) is 8.49. The molecular formula is C20H23N3O2. The molecule has 0 saturated heterocycles. The summed E-state index contributed by atoms with van der Waals surface area (Å²) < 4.78 is 7.18. The van der Waals surface area contributed by atoms with Gasteiger partial charge in [-0.3, -0.25) is 9.48 Å². The first kappa shape index (κ1) is 17.0. The Labute approximate surface area is 147 Å². The predicted molar refractivity (Wildman–Crippen MR) is 99.0 cm³/mol. The van der Waals surface area contributed by atoms with Crippen molar-refractivity contribution in [3.05, 3.63) is 59.8 Å². The lowest BCUT2D eigenvalue weighted by Gasteiger charge is -2.11. The molecule has 0 fully saturated rings. The molecule has 5 heteroatoms. The third-order valence-electron chi connectivity index (χ3n) is 4.36. The molecule has 0 radical (unpaired) electrons. The van der Waals surface area contributed by atoms with Gasteiger partial charge in [-0.2, -0.15) is 5.10 Å². The van der Waals surface area contributed by atoms with Crippen molar-refractivity contribution in [1.29, 1.82) is 0 Å². The zero-order chi connectivity index (χ0) is 17.8. The molecule has 3 rings (SSSR count). The Bertz CT molecular complexity index is 886. The predicted octanol–water partition coefficient (Wildman–Crippen LogP) is 3.62. The van der Waals surface area contributed by atoms with Crippen LogP contribution in [0.3, 0.4) is 0 Å². The summed E-state index contributed by atoms with van der Waals surface area (Å²) in [5.41, 5.74) is 2.69. The lowest BCUT2D eigenvalue weighted by Crippen LogP contribution is -2.31. The fraction of sp³-hybridized carbons (Fsp3) is 0.300. The Hall–Kier alpha value is -2.82. The maximum atomic E-state index is 12.4. The van der Waals surface area contributed by atoms with Crippen LogP contribution in [0.5, 0.6) is 5.75 Å². The number of carbonyl (C=O) groups excluding carboxylic acids is 1. The molecule has 5 nitrogen and oxygen atoms in total. The van der Waals surface area contributed by atoms with Crippen LogP contribution in [0.1, 0.15) is 36.2 Å². The smallest absolute Gasteiger partial charge is 0.251 e. The average molecular weight is 337 g/mol. The second kappa shape index (κ2) is 7.38. The molecular weight excluding hydrogens is 314 g/mol. The van der Waals surface area contributed by atoms with E-state index in [0.29, 0.717) is 12.1 Å². The molecule has 2 aromatic carbocycles. The zero-order valence-corrected chi connectivity index (χ0v) is 14.8. The van der Waals surface area contributed by atoms with Gasteiger partial charge >= 0.3 is 0 Å². The maximum Gasteiger partial charge on any atom is 0.251 e. The van der Waals surface area contributed by atoms with Crippen molar-refractivity contribution < 1.29 is 9.53 Å². The maximum absolute atomic E-state index is 12.4. The van der Waals surface area contributed by atoms with Crippen LogP contribution >= 0.6 is 0 Å². The third kappa shape index (κ3) is 3.82. The molecule has 0 saturated carbocycles. The molecule has 1 atom stereocenters. The van der Waals surface area contributed by atoms with E-state index in [2.05, 4.69) is 17.3 Å². The van der Waals surface area contributed by atoms with Crippen LogP contribution in [-0.2, 0) is 6.54 Å². The summed E-state index contributed by atoms with van der Waals surface area (Å²) in [6.07, 6.45) is 2.73. The first-order chi connectivity index (χ1) is 12.1. The van der Waals surface area contributed by atoms with Crippen molar-refractivity contribution >= 4 is 16.8 Å². The van der Waals surface area contributed by atoms with E-state index >= 15 is 0 Å². The summed E-state index contributed by atoms with van der Waals surface area (Å²) in [6, 6.07) is 13.8. The number of fused-ring (bicyclic) bond motifs is 1. The monoisotopic (exact) mass is 337 g/mol. The van der Waals surface area contributed by atoms with Crippen molar-refractivity contribution in [2.24, 2.45) is 0 Å². The number of nitrogens with one attached hydrogen (secondary N) is 1. The summed E-state index contributed by atoms with van der Waals surface area (Å²) in [5.74, 6) is 0.771. The van der Waals surface area contributed by atoms with Crippen molar-refractivity contribution in [3.63, 3.8) is 0 Å². The number of hydrogen-bond acceptors (Lipinski definition) is 3. The number of aromatic nitrogens is 2. The van der Waals surface area contributed by atoms with Crippen molar-refractivity contribution in [2.45, 2.75) is 32.9 Å². The van der Waals surface area contributed by atoms with Gasteiger partial charge in [-0.25, -0.2) is 0 Å². The quantitative estimate of drug-likeness (QED) is 0.747. The Morgan fingerprint density at radius 3 is 2.88 bits per heavy atom. The summed E-state index contributed by atoms with van der Waals surface area (Å²) >= 11 is 0. The molecule has 1 N–H and O–H groups in total. The Morgan fingerprint density at radius 1 is 1.28 bits per heavy atom. The van der Waals surface area contributed by atoms with E-state index in [9.17, 15) is 4.79 Å². The minimum atomic E-state index is -0.0506. The van der Waals surface area contributed by atoms with Gasteiger partial charge in [0.05, 0.1) is 25.4 Å². The van der Waals surface area contributed by atoms with E-state index in [1.807, 2.05) is 60.3 Å². The molecule has 1 aromatic heterocycles. The van der Waals surface area contributed by atoms with Gasteiger partial charge < -0.3 is 10.1 Å². The number of rotatable bonds is 6. The largest absolute Gasteiger partial charge is 0.497 e. The topological polar surface area (TPSA) is 56.2 Å². The highest BCUT2D eigenvalue weighted by atomic mass is 16.5. The molecule has 0 aliphatic rings. The molecule has 1 unspecified atom stereocenters. The number of nitrogens with zero attached hydrogens (tertiary/aromatic N) is 2. The molecule has 25 heavy (non-hydrogen) atoms. The third-order valence-corrected chi connectivity index (χ3v) is 4.36. The SMILES string of the molecule is CCC(C)NC(=O)c1ccc2cnn(Cc3cccc(OC)c3)c2c1. The fourth-order valence-corrected chi connectivity index (χ4v) is 2.69. The molecule has 130 valence electrons. The van der Waals surface area contributed by atoms with Crippen LogP contribution in [0.4, 0.5) is 0 Å². The van der Waals surface area contributed by atoms with Crippen LogP contribution < -0.4 is 10.1 Å². The lowest BCUT2D eigenvalue weighted by molar-refractivity contribution is 0.0939. The average Bonchev–Trinajstić information content (AvgIpc) is 3.03. The van der Waals surface area contributed by atoms with Crippen LogP contribution in [-0.4, -0.2) is 28.8 Å². The van der Waals surface area contributed by atoms with E-state index in [0.717, 1.165) is 28.6 Å². The first-order valence-corrected chi connectivity index (χ1v) is 8.50. The number of methoxy groups -OCH3 is 1. The van der Waals surface area contributed by atoms with E-state index in [-0.39, 0.29) is 11.9 Å². The van der Waals surface area contributed by atoms with Gasteiger partial charge in [0.15, 0.2) is 0 Å². The van der Waals surface area contributed by atoms with E-state index in [4.69, 9.17) is 4.74 Å². The molecule has 0 bridgehead atoms. The number of carbonyl (C=O) groups is 1. The Balaban J connectivity index is 1.89. The number of amides is 1.